The first-order valence-corrected chi connectivity index (χ1v) is 5.22. The predicted octanol–water partition coefficient (Wildman–Crippen LogP) is -0.279. The van der Waals surface area contributed by atoms with Gasteiger partial charge in [0, 0.05) is 17.1 Å². The number of guanidine groups is 1. The lowest BCUT2D eigenvalue weighted by atomic mass is 10.1. The highest BCUT2D eigenvalue weighted by Crippen LogP contribution is 2.23. The molecule has 0 fully saturated rings. The van der Waals surface area contributed by atoms with Crippen molar-refractivity contribution >= 4 is 22.8 Å². The van der Waals surface area contributed by atoms with E-state index in [4.69, 9.17) is 11.5 Å². The Hall–Kier alpha value is -2.70. The fraction of sp³-hybridized carbons (Fsp3) is 0.0909. The first-order chi connectivity index (χ1) is 8.56. The number of hydrazone groups is 1. The van der Waals surface area contributed by atoms with Crippen molar-refractivity contribution in [1.82, 2.24) is 10.4 Å². The van der Waals surface area contributed by atoms with E-state index in [0.717, 1.165) is 16.5 Å². The van der Waals surface area contributed by atoms with Gasteiger partial charge in [-0.05, 0) is 23.8 Å². The molecular formula is C11H13N5O2. The van der Waals surface area contributed by atoms with Crippen LogP contribution in [0.4, 0.5) is 0 Å². The molecule has 7 N–H and O–H groups in total. The van der Waals surface area contributed by atoms with Gasteiger partial charge in [0.05, 0.1) is 6.42 Å². The number of rotatable bonds is 3. The topological polar surface area (TPSA) is 130 Å². The minimum Gasteiger partial charge on any atom is -0.508 e. The molecule has 2 rings (SSSR count). The highest BCUT2D eigenvalue weighted by molar-refractivity contribution is 5.90. The van der Waals surface area contributed by atoms with Crippen LogP contribution in [0.3, 0.4) is 0 Å². The summed E-state index contributed by atoms with van der Waals surface area (Å²) in [6.45, 7) is 0. The number of hydrogen-bond acceptors (Lipinski definition) is 3. The number of aromatic amines is 1. The van der Waals surface area contributed by atoms with E-state index in [0.29, 0.717) is 0 Å². The molecule has 0 aliphatic rings. The van der Waals surface area contributed by atoms with Crippen molar-refractivity contribution in [2.45, 2.75) is 6.42 Å². The summed E-state index contributed by atoms with van der Waals surface area (Å²) in [4.78, 5) is 14.5. The molecule has 1 heterocycles. The lowest BCUT2D eigenvalue weighted by Crippen LogP contribution is -2.29. The van der Waals surface area contributed by atoms with Crippen LogP contribution in [-0.4, -0.2) is 22.0 Å². The molecule has 94 valence electrons. The number of carbonyl (C=O) groups excluding carboxylic acids is 1. The predicted molar refractivity (Wildman–Crippen MR) is 67.6 cm³/mol. The first-order valence-electron chi connectivity index (χ1n) is 5.22. The maximum Gasteiger partial charge on any atom is 0.244 e. The molecule has 18 heavy (non-hydrogen) atoms. The Morgan fingerprint density at radius 2 is 2.22 bits per heavy atom. The first kappa shape index (κ1) is 11.8. The quantitative estimate of drug-likeness (QED) is 0.290. The molecule has 0 saturated heterocycles. The van der Waals surface area contributed by atoms with Crippen LogP contribution in [0.5, 0.6) is 5.75 Å². The van der Waals surface area contributed by atoms with Gasteiger partial charge in [0.2, 0.25) is 11.9 Å². The van der Waals surface area contributed by atoms with Gasteiger partial charge in [-0.2, -0.15) is 0 Å². The van der Waals surface area contributed by atoms with Crippen LogP contribution in [0.25, 0.3) is 10.9 Å². The zero-order valence-electron chi connectivity index (χ0n) is 9.47. The summed E-state index contributed by atoms with van der Waals surface area (Å²) in [6.07, 6.45) is 1.82. The lowest BCUT2D eigenvalue weighted by molar-refractivity contribution is -0.120. The number of carbonyl (C=O) groups is 1. The maximum atomic E-state index is 11.5. The fourth-order valence-electron chi connectivity index (χ4n) is 1.65. The summed E-state index contributed by atoms with van der Waals surface area (Å²) in [5.41, 5.74) is 14.0. The minimum absolute atomic E-state index is 0.111. The number of amides is 1. The van der Waals surface area contributed by atoms with Crippen molar-refractivity contribution in [2.24, 2.45) is 16.6 Å². The third-order valence-electron chi connectivity index (χ3n) is 2.41. The maximum absolute atomic E-state index is 11.5. The number of phenols is 1. The van der Waals surface area contributed by atoms with E-state index in [1.54, 1.807) is 24.4 Å². The van der Waals surface area contributed by atoms with Gasteiger partial charge in [-0.25, -0.2) is 5.43 Å². The Balaban J connectivity index is 2.19. The molecule has 0 bridgehead atoms. The second-order valence-corrected chi connectivity index (χ2v) is 3.79. The molecule has 1 amide bonds. The van der Waals surface area contributed by atoms with E-state index in [1.165, 1.54) is 0 Å². The number of nitrogens with one attached hydrogen (secondary N) is 2. The average Bonchev–Trinajstić information content (AvgIpc) is 2.69. The van der Waals surface area contributed by atoms with Crippen LogP contribution < -0.4 is 16.9 Å². The van der Waals surface area contributed by atoms with Crippen molar-refractivity contribution in [3.05, 3.63) is 30.0 Å². The monoisotopic (exact) mass is 247 g/mol. The smallest absolute Gasteiger partial charge is 0.244 e. The molecule has 2 aromatic rings. The molecule has 1 aromatic carbocycles. The summed E-state index contributed by atoms with van der Waals surface area (Å²) in [5, 5.41) is 13.6. The van der Waals surface area contributed by atoms with Gasteiger partial charge in [-0.15, -0.1) is 5.10 Å². The molecule has 0 radical (unpaired) electrons. The Kier molecular flexibility index (Phi) is 3.05. The van der Waals surface area contributed by atoms with Crippen molar-refractivity contribution in [3.8, 4) is 5.75 Å². The highest BCUT2D eigenvalue weighted by atomic mass is 16.3. The molecule has 0 atom stereocenters. The molecule has 7 heteroatoms. The number of benzene rings is 1. The summed E-state index contributed by atoms with van der Waals surface area (Å²) in [7, 11) is 0. The van der Waals surface area contributed by atoms with Crippen LogP contribution >= 0.6 is 0 Å². The Labute approximate surface area is 102 Å². The van der Waals surface area contributed by atoms with Gasteiger partial charge in [0.15, 0.2) is 0 Å². The standard InChI is InChI=1S/C11H13N5O2/c12-11(13)16-15-10(18)3-6-5-14-9-2-1-7(17)4-8(6)9/h1-2,4-5,14,17H,3H2,(H,15,18)(H4,12,13,16). The molecule has 7 nitrogen and oxygen atoms in total. The Bertz CT molecular complexity index is 613. The molecule has 0 aliphatic carbocycles. The SMILES string of the molecule is NC(N)=NNC(=O)Cc1c[nH]c2ccc(O)cc12. The average molecular weight is 247 g/mol. The fourth-order valence-corrected chi connectivity index (χ4v) is 1.65. The van der Waals surface area contributed by atoms with Crippen LogP contribution in [-0.2, 0) is 11.2 Å². The molecule has 0 unspecified atom stereocenters. The van der Waals surface area contributed by atoms with Gasteiger partial charge in [-0.3, -0.25) is 4.79 Å². The van der Waals surface area contributed by atoms with Gasteiger partial charge in [0.1, 0.15) is 5.75 Å². The van der Waals surface area contributed by atoms with E-state index < -0.39 is 0 Å². The third-order valence-corrected chi connectivity index (χ3v) is 2.41. The second kappa shape index (κ2) is 4.66. The van der Waals surface area contributed by atoms with E-state index in [1.807, 2.05) is 0 Å². The molecular weight excluding hydrogens is 234 g/mol. The molecule has 0 aliphatic heterocycles. The summed E-state index contributed by atoms with van der Waals surface area (Å²) in [6, 6.07) is 4.90. The van der Waals surface area contributed by atoms with Crippen molar-refractivity contribution < 1.29 is 9.90 Å². The number of aromatic nitrogens is 1. The zero-order chi connectivity index (χ0) is 13.1. The number of fused-ring (bicyclic) bond motifs is 1. The number of H-pyrrole nitrogens is 1. The zero-order valence-corrected chi connectivity index (χ0v) is 9.47. The van der Waals surface area contributed by atoms with Gasteiger partial charge in [-0.1, -0.05) is 0 Å². The molecule has 0 saturated carbocycles. The largest absolute Gasteiger partial charge is 0.508 e. The van der Waals surface area contributed by atoms with Crippen LogP contribution in [0.15, 0.2) is 29.5 Å². The molecule has 1 aromatic heterocycles. The van der Waals surface area contributed by atoms with E-state index >= 15 is 0 Å². The second-order valence-electron chi connectivity index (χ2n) is 3.79. The van der Waals surface area contributed by atoms with Crippen LogP contribution in [0.1, 0.15) is 5.56 Å². The van der Waals surface area contributed by atoms with Crippen LogP contribution in [0, 0.1) is 0 Å². The van der Waals surface area contributed by atoms with Crippen molar-refractivity contribution in [3.63, 3.8) is 0 Å². The van der Waals surface area contributed by atoms with Crippen molar-refractivity contribution in [2.75, 3.05) is 0 Å². The van der Waals surface area contributed by atoms with E-state index in [-0.39, 0.29) is 24.0 Å². The van der Waals surface area contributed by atoms with Crippen LogP contribution in [0.2, 0.25) is 0 Å². The highest BCUT2D eigenvalue weighted by Gasteiger charge is 2.08. The number of hydrogen-bond donors (Lipinski definition) is 5. The molecule has 0 spiro atoms. The van der Waals surface area contributed by atoms with Crippen molar-refractivity contribution in [1.29, 1.82) is 0 Å². The summed E-state index contributed by atoms with van der Waals surface area (Å²) in [5.74, 6) is -0.402. The summed E-state index contributed by atoms with van der Waals surface area (Å²) < 4.78 is 0. The Morgan fingerprint density at radius 1 is 1.44 bits per heavy atom. The van der Waals surface area contributed by atoms with E-state index in [2.05, 4.69) is 15.5 Å². The number of aromatic hydroxyl groups is 1. The Morgan fingerprint density at radius 3 is 2.94 bits per heavy atom. The number of phenolic OH excluding ortho intramolecular Hbond substituents is 1. The lowest BCUT2D eigenvalue weighted by Gasteiger charge is -2.00. The minimum atomic E-state index is -0.340. The van der Waals surface area contributed by atoms with Gasteiger partial charge < -0.3 is 21.6 Å². The summed E-state index contributed by atoms with van der Waals surface area (Å²) >= 11 is 0. The number of nitrogens with two attached hydrogens (primary N) is 2. The third kappa shape index (κ3) is 2.51. The van der Waals surface area contributed by atoms with E-state index in [9.17, 15) is 9.90 Å². The normalized spacial score (nSPS) is 10.2. The van der Waals surface area contributed by atoms with Gasteiger partial charge in [0.25, 0.3) is 0 Å². The number of nitrogens with zero attached hydrogens (tertiary/aromatic N) is 1. The van der Waals surface area contributed by atoms with Gasteiger partial charge >= 0.3 is 0 Å².